The van der Waals surface area contributed by atoms with Crippen molar-refractivity contribution in [1.29, 1.82) is 0 Å². The Balaban J connectivity index is 1.30. The fraction of sp³-hybridized carbons (Fsp3) is 0.111. The largest absolute Gasteiger partial charge is 0.496 e. The van der Waals surface area contributed by atoms with Gasteiger partial charge in [0, 0.05) is 23.8 Å². The van der Waals surface area contributed by atoms with Gasteiger partial charge in [0.15, 0.2) is 5.76 Å². The minimum Gasteiger partial charge on any atom is -0.496 e. The van der Waals surface area contributed by atoms with Crippen molar-refractivity contribution >= 4 is 27.3 Å². The lowest BCUT2D eigenvalue weighted by atomic mass is 10.0. The van der Waals surface area contributed by atoms with Gasteiger partial charge in [0.05, 0.1) is 25.8 Å². The summed E-state index contributed by atoms with van der Waals surface area (Å²) in [5.74, 6) is 0.449. The number of nitrogens with zero attached hydrogens (tertiary/aromatic N) is 3. The van der Waals surface area contributed by atoms with E-state index in [1.54, 1.807) is 49.2 Å². The molecule has 0 amide bonds. The second kappa shape index (κ2) is 9.21. The number of methoxy groups -OCH3 is 2. The van der Waals surface area contributed by atoms with E-state index < -0.39 is 11.6 Å². The lowest BCUT2D eigenvalue weighted by Crippen LogP contribution is -1.97. The molecule has 0 N–H and O–H groups in total. The van der Waals surface area contributed by atoms with Crippen LogP contribution in [0.2, 0.25) is 0 Å². The molecule has 0 radical (unpaired) electrons. The van der Waals surface area contributed by atoms with Gasteiger partial charge in [-0.1, -0.05) is 18.2 Å². The van der Waals surface area contributed by atoms with Crippen LogP contribution in [0.5, 0.6) is 16.7 Å². The predicted octanol–water partition coefficient (Wildman–Crippen LogP) is 6.75. The Morgan fingerprint density at radius 3 is 2.68 bits per heavy atom. The van der Waals surface area contributed by atoms with E-state index >= 15 is 0 Å². The first-order chi connectivity index (χ1) is 18.0. The number of aromatic nitrogens is 3. The third-order valence-electron chi connectivity index (χ3n) is 5.82. The van der Waals surface area contributed by atoms with Gasteiger partial charge < -0.3 is 18.6 Å². The molecule has 3 aromatic heterocycles. The Kier molecular flexibility index (Phi) is 5.72. The molecule has 0 aliphatic heterocycles. The topological polar surface area (TPSA) is 71.0 Å². The van der Waals surface area contributed by atoms with E-state index in [4.69, 9.17) is 18.6 Å². The standard InChI is InChI=1S/C27H19F2N3O4S/c1-33-18-10-23(35-14-15-4-3-5-16(8-15)19-7-6-17(28)9-21(19)29)20-12-25(36-24(20)11-18)22-13-32-26(30-22)37-27(31-32)34-2/h3-13H,14H2,1-2H3. The minimum absolute atomic E-state index is 0.212. The number of fused-ring (bicyclic) bond motifs is 2. The second-order valence-corrected chi connectivity index (χ2v) is 9.11. The molecule has 186 valence electrons. The Hall–Kier alpha value is -4.44. The van der Waals surface area contributed by atoms with Gasteiger partial charge in [-0.05, 0) is 46.7 Å². The van der Waals surface area contributed by atoms with E-state index in [0.29, 0.717) is 49.8 Å². The molecule has 6 rings (SSSR count). The van der Waals surface area contributed by atoms with E-state index in [9.17, 15) is 8.78 Å². The van der Waals surface area contributed by atoms with E-state index in [0.717, 1.165) is 17.0 Å². The Morgan fingerprint density at radius 2 is 1.89 bits per heavy atom. The van der Waals surface area contributed by atoms with Crippen LogP contribution in [0.3, 0.4) is 0 Å². The van der Waals surface area contributed by atoms with Gasteiger partial charge in [0.25, 0.3) is 5.19 Å². The Morgan fingerprint density at radius 1 is 1.00 bits per heavy atom. The SMILES string of the molecule is COc1cc(OCc2cccc(-c3ccc(F)cc3F)c2)c2cc(-c3cn4nc(OC)sc4n3)oc2c1. The average molecular weight is 520 g/mol. The fourth-order valence-corrected chi connectivity index (χ4v) is 4.74. The first-order valence-corrected chi connectivity index (χ1v) is 12.0. The van der Waals surface area contributed by atoms with Crippen LogP contribution >= 0.6 is 11.3 Å². The highest BCUT2D eigenvalue weighted by Crippen LogP contribution is 2.38. The minimum atomic E-state index is -0.619. The van der Waals surface area contributed by atoms with Crippen molar-refractivity contribution in [3.8, 4) is 39.3 Å². The van der Waals surface area contributed by atoms with E-state index in [1.807, 2.05) is 18.2 Å². The molecule has 0 aliphatic carbocycles. The van der Waals surface area contributed by atoms with Crippen LogP contribution in [0, 0.1) is 11.6 Å². The van der Waals surface area contributed by atoms with Crippen molar-refractivity contribution in [2.45, 2.75) is 6.61 Å². The number of hydrogen-bond donors (Lipinski definition) is 0. The van der Waals surface area contributed by atoms with E-state index in [-0.39, 0.29) is 6.61 Å². The van der Waals surface area contributed by atoms with Crippen LogP contribution in [-0.4, -0.2) is 28.8 Å². The van der Waals surface area contributed by atoms with Crippen molar-refractivity contribution < 1.29 is 27.4 Å². The molecule has 37 heavy (non-hydrogen) atoms. The molecular formula is C27H19F2N3O4S. The van der Waals surface area contributed by atoms with Crippen LogP contribution in [0.4, 0.5) is 8.78 Å². The first kappa shape index (κ1) is 23.0. The van der Waals surface area contributed by atoms with E-state index in [2.05, 4.69) is 10.1 Å². The average Bonchev–Trinajstić information content (AvgIpc) is 3.60. The molecule has 7 nitrogen and oxygen atoms in total. The quantitative estimate of drug-likeness (QED) is 0.233. The molecular weight excluding hydrogens is 500 g/mol. The zero-order valence-corrected chi connectivity index (χ0v) is 20.5. The summed E-state index contributed by atoms with van der Waals surface area (Å²) >= 11 is 1.33. The molecule has 0 bridgehead atoms. The fourth-order valence-electron chi connectivity index (χ4n) is 4.04. The van der Waals surface area contributed by atoms with E-state index in [1.165, 1.54) is 23.5 Å². The maximum atomic E-state index is 14.3. The van der Waals surface area contributed by atoms with Crippen LogP contribution < -0.4 is 14.2 Å². The Bertz CT molecular complexity index is 1730. The number of halogens is 2. The summed E-state index contributed by atoms with van der Waals surface area (Å²) in [5.41, 5.74) is 2.96. The molecule has 0 unspecified atom stereocenters. The lowest BCUT2D eigenvalue weighted by Gasteiger charge is -2.11. The molecule has 0 saturated heterocycles. The zero-order valence-electron chi connectivity index (χ0n) is 19.7. The van der Waals surface area contributed by atoms with Crippen molar-refractivity contribution in [2.75, 3.05) is 14.2 Å². The maximum Gasteiger partial charge on any atom is 0.294 e. The van der Waals surface area contributed by atoms with Gasteiger partial charge in [-0.15, -0.1) is 5.10 Å². The molecule has 10 heteroatoms. The number of rotatable bonds is 7. The summed E-state index contributed by atoms with van der Waals surface area (Å²) in [6, 6.07) is 16.2. The monoisotopic (exact) mass is 519 g/mol. The van der Waals surface area contributed by atoms with Crippen LogP contribution in [-0.2, 0) is 6.61 Å². The Labute approximate surface area is 213 Å². The van der Waals surface area contributed by atoms with Gasteiger partial charge in [0.1, 0.15) is 41.0 Å². The smallest absolute Gasteiger partial charge is 0.294 e. The summed E-state index contributed by atoms with van der Waals surface area (Å²) in [7, 11) is 3.13. The highest BCUT2D eigenvalue weighted by molar-refractivity contribution is 7.18. The van der Waals surface area contributed by atoms with Crippen LogP contribution in [0.25, 0.3) is 38.5 Å². The molecule has 0 fully saturated rings. The molecule has 3 heterocycles. The summed E-state index contributed by atoms with van der Waals surface area (Å²) in [6.45, 7) is 0.212. The predicted molar refractivity (Wildman–Crippen MR) is 135 cm³/mol. The van der Waals surface area contributed by atoms with Crippen molar-refractivity contribution in [3.05, 3.63) is 84.1 Å². The normalized spacial score (nSPS) is 11.4. The molecule has 0 saturated carbocycles. The highest BCUT2D eigenvalue weighted by atomic mass is 32.1. The maximum absolute atomic E-state index is 14.3. The summed E-state index contributed by atoms with van der Waals surface area (Å²) in [4.78, 5) is 5.26. The molecule has 0 atom stereocenters. The molecule has 3 aromatic carbocycles. The number of benzene rings is 3. The van der Waals surface area contributed by atoms with Gasteiger partial charge in [-0.2, -0.15) is 0 Å². The van der Waals surface area contributed by atoms with Crippen molar-refractivity contribution in [2.24, 2.45) is 0 Å². The summed E-state index contributed by atoms with van der Waals surface area (Å²) in [6.07, 6.45) is 1.77. The zero-order chi connectivity index (χ0) is 25.5. The van der Waals surface area contributed by atoms with Gasteiger partial charge in [-0.3, -0.25) is 0 Å². The van der Waals surface area contributed by atoms with Crippen molar-refractivity contribution in [1.82, 2.24) is 14.6 Å². The molecule has 0 aliphatic rings. The van der Waals surface area contributed by atoms with Gasteiger partial charge >= 0.3 is 0 Å². The lowest BCUT2D eigenvalue weighted by molar-refractivity contribution is 0.307. The number of imidazole rings is 1. The third-order valence-corrected chi connectivity index (χ3v) is 6.71. The number of furan rings is 1. The third kappa shape index (κ3) is 4.36. The number of ether oxygens (including phenoxy) is 3. The highest BCUT2D eigenvalue weighted by Gasteiger charge is 2.17. The molecule has 0 spiro atoms. The summed E-state index contributed by atoms with van der Waals surface area (Å²) < 4.78 is 52.1. The van der Waals surface area contributed by atoms with Crippen molar-refractivity contribution in [3.63, 3.8) is 0 Å². The van der Waals surface area contributed by atoms with Gasteiger partial charge in [-0.25, -0.2) is 18.3 Å². The van der Waals surface area contributed by atoms with Gasteiger partial charge in [0.2, 0.25) is 4.96 Å². The second-order valence-electron chi connectivity index (χ2n) is 8.19. The van der Waals surface area contributed by atoms with Crippen LogP contribution in [0.15, 0.2) is 71.3 Å². The number of hydrogen-bond acceptors (Lipinski definition) is 7. The first-order valence-electron chi connectivity index (χ1n) is 11.2. The molecule has 6 aromatic rings. The summed E-state index contributed by atoms with van der Waals surface area (Å²) in [5, 5.41) is 5.57. The van der Waals surface area contributed by atoms with Crippen LogP contribution in [0.1, 0.15) is 5.56 Å².